The molecule has 2 aromatic rings. The van der Waals surface area contributed by atoms with Gasteiger partial charge in [0.15, 0.2) is 0 Å². The summed E-state index contributed by atoms with van der Waals surface area (Å²) < 4.78 is 0. The minimum absolute atomic E-state index is 0.195. The van der Waals surface area contributed by atoms with Crippen molar-refractivity contribution in [2.75, 3.05) is 4.90 Å². The van der Waals surface area contributed by atoms with Crippen molar-refractivity contribution in [3.8, 4) is 0 Å². The molecule has 2 heteroatoms. The highest BCUT2D eigenvalue weighted by atomic mass is 16.2. The van der Waals surface area contributed by atoms with Gasteiger partial charge < -0.3 is 4.90 Å². The van der Waals surface area contributed by atoms with Crippen LogP contribution in [0.4, 0.5) is 5.69 Å². The Hall–Kier alpha value is -2.35. The van der Waals surface area contributed by atoms with E-state index in [2.05, 4.69) is 12.1 Å². The van der Waals surface area contributed by atoms with Gasteiger partial charge in [0.25, 0.3) is 0 Å². The van der Waals surface area contributed by atoms with Gasteiger partial charge in [-0.05, 0) is 30.5 Å². The lowest BCUT2D eigenvalue weighted by Crippen LogP contribution is -2.41. The molecule has 0 saturated heterocycles. The summed E-state index contributed by atoms with van der Waals surface area (Å²) in [6.07, 6.45) is 10.4. The average molecular weight is 319 g/mol. The highest BCUT2D eigenvalue weighted by Gasteiger charge is 2.25. The minimum Gasteiger partial charge on any atom is -0.309 e. The first-order chi connectivity index (χ1) is 11.8. The van der Waals surface area contributed by atoms with Crippen LogP contribution in [0.25, 0.3) is 6.08 Å². The van der Waals surface area contributed by atoms with Crippen LogP contribution in [0.5, 0.6) is 0 Å². The first-order valence-electron chi connectivity index (χ1n) is 8.93. The molecule has 0 aromatic heterocycles. The number of hydrogen-bond donors (Lipinski definition) is 0. The predicted octanol–water partition coefficient (Wildman–Crippen LogP) is 5.46. The van der Waals surface area contributed by atoms with Crippen molar-refractivity contribution in [1.82, 2.24) is 0 Å². The van der Waals surface area contributed by atoms with E-state index in [9.17, 15) is 4.79 Å². The molecule has 3 rings (SSSR count). The molecule has 0 radical (unpaired) electrons. The number of rotatable bonds is 5. The molecule has 1 saturated carbocycles. The van der Waals surface area contributed by atoms with E-state index < -0.39 is 0 Å². The van der Waals surface area contributed by atoms with Crippen molar-refractivity contribution in [3.05, 3.63) is 72.3 Å². The molecule has 0 spiro atoms. The van der Waals surface area contributed by atoms with Crippen LogP contribution in [0, 0.1) is 0 Å². The van der Waals surface area contributed by atoms with Gasteiger partial charge in [0, 0.05) is 18.2 Å². The fraction of sp³-hybridized carbons (Fsp3) is 0.318. The number of benzene rings is 2. The Morgan fingerprint density at radius 1 is 0.917 bits per heavy atom. The quantitative estimate of drug-likeness (QED) is 0.717. The third kappa shape index (κ3) is 4.35. The first kappa shape index (κ1) is 16.5. The van der Waals surface area contributed by atoms with Crippen LogP contribution in [-0.4, -0.2) is 11.9 Å². The van der Waals surface area contributed by atoms with E-state index in [4.69, 9.17) is 0 Å². The molecule has 0 unspecified atom stereocenters. The zero-order valence-electron chi connectivity index (χ0n) is 14.1. The van der Waals surface area contributed by atoms with Gasteiger partial charge in [-0.3, -0.25) is 4.79 Å². The van der Waals surface area contributed by atoms with Crippen molar-refractivity contribution in [2.24, 2.45) is 0 Å². The summed E-state index contributed by atoms with van der Waals surface area (Å²) in [4.78, 5) is 14.9. The summed E-state index contributed by atoms with van der Waals surface area (Å²) in [6.45, 7) is 0. The lowest BCUT2D eigenvalue weighted by molar-refractivity contribution is -0.118. The molecule has 1 amide bonds. The fourth-order valence-electron chi connectivity index (χ4n) is 3.44. The second kappa shape index (κ2) is 8.49. The molecule has 2 nitrogen and oxygen atoms in total. The van der Waals surface area contributed by atoms with Gasteiger partial charge >= 0.3 is 0 Å². The number of hydrogen-bond acceptors (Lipinski definition) is 1. The fourth-order valence-corrected chi connectivity index (χ4v) is 3.44. The molecule has 0 aliphatic heterocycles. The minimum atomic E-state index is 0.195. The van der Waals surface area contributed by atoms with E-state index in [0.717, 1.165) is 24.1 Å². The van der Waals surface area contributed by atoms with E-state index in [1.165, 1.54) is 19.3 Å². The highest BCUT2D eigenvalue weighted by Crippen LogP contribution is 2.28. The molecule has 1 aliphatic rings. The maximum absolute atomic E-state index is 12.9. The SMILES string of the molecule is O=C(C/C=C/c1ccccc1)N(c1ccccc1)C1CCCCC1. The Kier molecular flexibility index (Phi) is 5.84. The maximum atomic E-state index is 12.9. The largest absolute Gasteiger partial charge is 0.309 e. The maximum Gasteiger partial charge on any atom is 0.231 e. The average Bonchev–Trinajstić information content (AvgIpc) is 2.65. The lowest BCUT2D eigenvalue weighted by Gasteiger charge is -2.34. The number of nitrogens with zero attached hydrogens (tertiary/aromatic N) is 1. The van der Waals surface area contributed by atoms with Crippen LogP contribution >= 0.6 is 0 Å². The molecule has 2 aromatic carbocycles. The van der Waals surface area contributed by atoms with Gasteiger partial charge in [-0.25, -0.2) is 0 Å². The Bertz CT molecular complexity index is 657. The molecule has 0 bridgehead atoms. The molecule has 0 atom stereocenters. The number of anilines is 1. The summed E-state index contributed by atoms with van der Waals surface area (Å²) in [5, 5.41) is 0. The summed E-state index contributed by atoms with van der Waals surface area (Å²) in [6, 6.07) is 20.6. The summed E-state index contributed by atoms with van der Waals surface area (Å²) in [5.74, 6) is 0.195. The smallest absolute Gasteiger partial charge is 0.231 e. The van der Waals surface area contributed by atoms with Gasteiger partial charge in [-0.2, -0.15) is 0 Å². The van der Waals surface area contributed by atoms with E-state index >= 15 is 0 Å². The van der Waals surface area contributed by atoms with Crippen molar-refractivity contribution in [2.45, 2.75) is 44.6 Å². The van der Waals surface area contributed by atoms with Crippen LogP contribution in [0.1, 0.15) is 44.1 Å². The zero-order chi connectivity index (χ0) is 16.6. The molecule has 0 heterocycles. The van der Waals surface area contributed by atoms with E-state index in [0.29, 0.717) is 12.5 Å². The Balaban J connectivity index is 1.72. The number of amides is 1. The Labute approximate surface area is 144 Å². The lowest BCUT2D eigenvalue weighted by atomic mass is 9.93. The van der Waals surface area contributed by atoms with Gasteiger partial charge in [0.1, 0.15) is 0 Å². The van der Waals surface area contributed by atoms with Gasteiger partial charge in [0.05, 0.1) is 0 Å². The highest BCUT2D eigenvalue weighted by molar-refractivity contribution is 5.95. The molecule has 1 fully saturated rings. The van der Waals surface area contributed by atoms with Crippen molar-refractivity contribution >= 4 is 17.7 Å². The van der Waals surface area contributed by atoms with Crippen LogP contribution in [-0.2, 0) is 4.79 Å². The second-order valence-electron chi connectivity index (χ2n) is 6.41. The van der Waals surface area contributed by atoms with E-state index in [1.807, 2.05) is 65.6 Å². The normalized spacial score (nSPS) is 15.5. The molecule has 1 aliphatic carbocycles. The Morgan fingerprint density at radius 3 is 2.21 bits per heavy atom. The first-order valence-corrected chi connectivity index (χ1v) is 8.93. The third-order valence-electron chi connectivity index (χ3n) is 4.65. The standard InChI is InChI=1S/C22H25NO/c24-22(18-10-13-19-11-4-1-5-12-19)23(20-14-6-2-7-15-20)21-16-8-3-9-17-21/h1-2,4-7,10-15,21H,3,8-9,16-18H2/b13-10+. The topological polar surface area (TPSA) is 20.3 Å². The Morgan fingerprint density at radius 2 is 1.54 bits per heavy atom. The van der Waals surface area contributed by atoms with Crippen LogP contribution < -0.4 is 4.90 Å². The van der Waals surface area contributed by atoms with Gasteiger partial charge in [0.2, 0.25) is 5.91 Å². The van der Waals surface area contributed by atoms with Gasteiger partial charge in [-0.1, -0.05) is 79.9 Å². The van der Waals surface area contributed by atoms with Crippen LogP contribution in [0.3, 0.4) is 0 Å². The van der Waals surface area contributed by atoms with E-state index in [-0.39, 0.29) is 5.91 Å². The summed E-state index contributed by atoms with van der Waals surface area (Å²) in [7, 11) is 0. The molecule has 0 N–H and O–H groups in total. The van der Waals surface area contributed by atoms with Crippen molar-refractivity contribution in [3.63, 3.8) is 0 Å². The third-order valence-corrected chi connectivity index (χ3v) is 4.65. The van der Waals surface area contributed by atoms with Crippen LogP contribution in [0.15, 0.2) is 66.7 Å². The number of carbonyl (C=O) groups is 1. The van der Waals surface area contributed by atoms with Crippen molar-refractivity contribution < 1.29 is 4.79 Å². The molecule has 24 heavy (non-hydrogen) atoms. The molecular formula is C22H25NO. The summed E-state index contributed by atoms with van der Waals surface area (Å²) >= 11 is 0. The monoisotopic (exact) mass is 319 g/mol. The zero-order valence-corrected chi connectivity index (χ0v) is 14.1. The number of carbonyl (C=O) groups excluding carboxylic acids is 1. The molecular weight excluding hydrogens is 294 g/mol. The van der Waals surface area contributed by atoms with Crippen molar-refractivity contribution in [1.29, 1.82) is 0 Å². The molecule has 124 valence electrons. The van der Waals surface area contributed by atoms with Gasteiger partial charge in [-0.15, -0.1) is 0 Å². The summed E-state index contributed by atoms with van der Waals surface area (Å²) in [5.41, 5.74) is 2.16. The van der Waals surface area contributed by atoms with E-state index in [1.54, 1.807) is 0 Å². The number of para-hydroxylation sites is 1. The van der Waals surface area contributed by atoms with Crippen LogP contribution in [0.2, 0.25) is 0 Å². The second-order valence-corrected chi connectivity index (χ2v) is 6.41. The predicted molar refractivity (Wildman–Crippen MR) is 101 cm³/mol.